The van der Waals surface area contributed by atoms with Crippen LogP contribution in [0.15, 0.2) is 9.59 Å². The maximum atomic E-state index is 14.6. The molecule has 0 aliphatic carbocycles. The third kappa shape index (κ3) is 2.67. The normalized spacial score (nSPS) is 25.3. The number of rotatable bonds is 3. The maximum absolute atomic E-state index is 14.6. The number of ether oxygens (including phenoxy) is 1. The second-order valence-electron chi connectivity index (χ2n) is 6.31. The molecule has 3 heterocycles. The first-order valence-electron chi connectivity index (χ1n) is 7.47. The summed E-state index contributed by atoms with van der Waals surface area (Å²) in [4.78, 5) is 30.4. The van der Waals surface area contributed by atoms with Gasteiger partial charge in [0.25, 0.3) is 5.56 Å². The van der Waals surface area contributed by atoms with Crippen molar-refractivity contribution in [1.82, 2.24) is 14.5 Å². The summed E-state index contributed by atoms with van der Waals surface area (Å²) in [5.74, 6) is -0.597. The number of aromatic nitrogens is 3. The van der Waals surface area contributed by atoms with Crippen molar-refractivity contribution >= 4 is 27.6 Å². The molecule has 0 spiro atoms. The third-order valence-corrected chi connectivity index (χ3v) is 5.22. The molecule has 1 fully saturated rings. The van der Waals surface area contributed by atoms with Gasteiger partial charge in [0.1, 0.15) is 16.6 Å². The van der Waals surface area contributed by atoms with Crippen molar-refractivity contribution in [3.63, 3.8) is 0 Å². The molecule has 23 heavy (non-hydrogen) atoms. The molecule has 1 aliphatic heterocycles. The number of H-pyrrole nitrogens is 1. The molecule has 3 N–H and O–H groups in total. The molecular weight excluding hydrogens is 323 g/mol. The molecular formula is C14H19FN4O3S. The van der Waals surface area contributed by atoms with Gasteiger partial charge in [0, 0.05) is 5.92 Å². The van der Waals surface area contributed by atoms with Crippen molar-refractivity contribution < 1.29 is 9.13 Å². The van der Waals surface area contributed by atoms with Crippen LogP contribution in [0.5, 0.6) is 0 Å². The van der Waals surface area contributed by atoms with Crippen LogP contribution in [0, 0.1) is 5.92 Å². The van der Waals surface area contributed by atoms with E-state index in [1.807, 2.05) is 6.92 Å². The lowest BCUT2D eigenvalue weighted by Gasteiger charge is -2.27. The van der Waals surface area contributed by atoms with Gasteiger partial charge >= 0.3 is 4.87 Å². The summed E-state index contributed by atoms with van der Waals surface area (Å²) in [6.07, 6.45) is 0.291. The minimum Gasteiger partial charge on any atom is -0.369 e. The van der Waals surface area contributed by atoms with Crippen LogP contribution in [-0.2, 0) is 4.74 Å². The average Bonchev–Trinajstić information content (AvgIpc) is 2.99. The minimum absolute atomic E-state index is 0.0878. The Hall–Kier alpha value is -1.74. The summed E-state index contributed by atoms with van der Waals surface area (Å²) in [6.45, 7) is 4.89. The monoisotopic (exact) mass is 342 g/mol. The Morgan fingerprint density at radius 2 is 2.22 bits per heavy atom. The number of hydrogen-bond donors (Lipinski definition) is 2. The molecule has 1 aliphatic rings. The topological polar surface area (TPSA) is 103 Å². The van der Waals surface area contributed by atoms with Gasteiger partial charge in [0.15, 0.2) is 5.65 Å². The highest BCUT2D eigenvalue weighted by molar-refractivity contribution is 7.16. The highest BCUT2D eigenvalue weighted by Gasteiger charge is 2.46. The molecule has 0 saturated carbocycles. The summed E-state index contributed by atoms with van der Waals surface area (Å²) >= 11 is 0.766. The molecule has 0 unspecified atom stereocenters. The van der Waals surface area contributed by atoms with Crippen LogP contribution in [0.4, 0.5) is 10.3 Å². The van der Waals surface area contributed by atoms with E-state index in [1.165, 1.54) is 18.4 Å². The van der Waals surface area contributed by atoms with Gasteiger partial charge in [-0.25, -0.2) is 4.39 Å². The molecule has 0 radical (unpaired) electrons. The molecule has 7 nitrogen and oxygen atoms in total. The third-order valence-electron chi connectivity index (χ3n) is 4.28. The van der Waals surface area contributed by atoms with Crippen LogP contribution < -0.4 is 16.2 Å². The van der Waals surface area contributed by atoms with E-state index in [1.54, 1.807) is 0 Å². The van der Waals surface area contributed by atoms with Crippen LogP contribution in [0.1, 0.15) is 39.8 Å². The summed E-state index contributed by atoms with van der Waals surface area (Å²) in [5.41, 5.74) is 3.72. The zero-order valence-corrected chi connectivity index (χ0v) is 13.9. The Balaban J connectivity index is 2.20. The van der Waals surface area contributed by atoms with Crippen molar-refractivity contribution in [2.45, 2.75) is 51.6 Å². The lowest BCUT2D eigenvalue weighted by molar-refractivity contribution is -0.0390. The lowest BCUT2D eigenvalue weighted by Crippen LogP contribution is -2.34. The smallest absolute Gasteiger partial charge is 0.311 e. The molecule has 1 saturated heterocycles. The molecule has 3 rings (SSSR count). The van der Waals surface area contributed by atoms with E-state index in [-0.39, 0.29) is 22.4 Å². The van der Waals surface area contributed by atoms with Crippen molar-refractivity contribution in [2.24, 2.45) is 5.92 Å². The van der Waals surface area contributed by atoms with Crippen LogP contribution in [0.3, 0.4) is 0 Å². The number of nitrogens with one attached hydrogen (secondary N) is 1. The first-order valence-corrected chi connectivity index (χ1v) is 8.29. The maximum Gasteiger partial charge on any atom is 0.311 e. The number of nitrogens with zero attached hydrogens (tertiary/aromatic N) is 2. The van der Waals surface area contributed by atoms with E-state index in [4.69, 9.17) is 10.5 Å². The van der Waals surface area contributed by atoms with Gasteiger partial charge in [-0.3, -0.25) is 19.1 Å². The Morgan fingerprint density at radius 1 is 1.52 bits per heavy atom. The fraction of sp³-hybridized carbons (Fsp3) is 0.643. The number of fused-ring (bicyclic) bond motifs is 1. The molecule has 0 aromatic carbocycles. The fourth-order valence-electron chi connectivity index (χ4n) is 3.04. The number of nitrogens with two attached hydrogens (primary N) is 1. The minimum atomic E-state index is -1.53. The van der Waals surface area contributed by atoms with E-state index in [0.717, 1.165) is 17.8 Å². The van der Waals surface area contributed by atoms with E-state index >= 15 is 0 Å². The Kier molecular flexibility index (Phi) is 3.80. The number of thiazole rings is 1. The zero-order chi connectivity index (χ0) is 16.9. The predicted molar refractivity (Wildman–Crippen MR) is 86.4 cm³/mol. The number of nitrogen functional groups attached to an aromatic ring is 1. The molecule has 2 aromatic heterocycles. The quantitative estimate of drug-likeness (QED) is 0.885. The van der Waals surface area contributed by atoms with Gasteiger partial charge in [-0.15, -0.1) is 0 Å². The molecule has 9 heteroatoms. The number of anilines is 1. The fourth-order valence-corrected chi connectivity index (χ4v) is 3.88. The first kappa shape index (κ1) is 16.1. The SMILES string of the molecule is CC[C@@H]1C[C@@H](C(C)(C)F)[C@H](n2c(=O)sc3c(=O)[nH]c(N)nc32)O1. The van der Waals surface area contributed by atoms with Crippen molar-refractivity contribution in [3.8, 4) is 0 Å². The molecule has 0 bridgehead atoms. The van der Waals surface area contributed by atoms with Crippen molar-refractivity contribution in [1.29, 1.82) is 0 Å². The van der Waals surface area contributed by atoms with Crippen LogP contribution in [-0.4, -0.2) is 26.3 Å². The second kappa shape index (κ2) is 5.41. The second-order valence-corrected chi connectivity index (χ2v) is 7.27. The van der Waals surface area contributed by atoms with Crippen molar-refractivity contribution in [3.05, 3.63) is 20.0 Å². The molecule has 126 valence electrons. The van der Waals surface area contributed by atoms with E-state index in [9.17, 15) is 14.0 Å². The zero-order valence-electron chi connectivity index (χ0n) is 13.1. The summed E-state index contributed by atoms with van der Waals surface area (Å²) in [7, 11) is 0. The predicted octanol–water partition coefficient (Wildman–Crippen LogP) is 1.79. The van der Waals surface area contributed by atoms with Crippen molar-refractivity contribution in [2.75, 3.05) is 5.73 Å². The molecule has 0 amide bonds. The van der Waals surface area contributed by atoms with Crippen LogP contribution in [0.25, 0.3) is 10.3 Å². The number of hydrogen-bond acceptors (Lipinski definition) is 6. The highest BCUT2D eigenvalue weighted by Crippen LogP contribution is 2.44. The van der Waals surface area contributed by atoms with Gasteiger partial charge in [0.2, 0.25) is 5.95 Å². The van der Waals surface area contributed by atoms with E-state index < -0.39 is 28.2 Å². The van der Waals surface area contributed by atoms with Crippen LogP contribution >= 0.6 is 11.3 Å². The molecule has 2 aromatic rings. The summed E-state index contributed by atoms with van der Waals surface area (Å²) in [5, 5.41) is 0. The standard InChI is InChI=1S/C14H19FN4O3S/c1-4-6-5-7(14(2,3)15)11(22-6)19-9-8(23-13(19)21)10(20)18-12(16)17-9/h6-7,11H,4-5H2,1-3H3,(H3,16,17,18,20)/t6-,7-,11-/m1/s1. The van der Waals surface area contributed by atoms with Gasteiger partial charge in [0.05, 0.1) is 6.10 Å². The number of aromatic amines is 1. The van der Waals surface area contributed by atoms with Gasteiger partial charge in [-0.2, -0.15) is 4.98 Å². The van der Waals surface area contributed by atoms with E-state index in [0.29, 0.717) is 6.42 Å². The van der Waals surface area contributed by atoms with Gasteiger partial charge < -0.3 is 10.5 Å². The van der Waals surface area contributed by atoms with Gasteiger partial charge in [-0.1, -0.05) is 18.3 Å². The Bertz CT molecular complexity index is 850. The van der Waals surface area contributed by atoms with Gasteiger partial charge in [-0.05, 0) is 26.7 Å². The highest BCUT2D eigenvalue weighted by atomic mass is 32.1. The average molecular weight is 342 g/mol. The van der Waals surface area contributed by atoms with Crippen LogP contribution in [0.2, 0.25) is 0 Å². The Labute approximate surface area is 135 Å². The lowest BCUT2D eigenvalue weighted by atomic mass is 9.88. The molecule has 3 atom stereocenters. The largest absolute Gasteiger partial charge is 0.369 e. The van der Waals surface area contributed by atoms with E-state index in [2.05, 4.69) is 9.97 Å². The summed E-state index contributed by atoms with van der Waals surface area (Å²) < 4.78 is 22.0. The number of alkyl halides is 1. The Morgan fingerprint density at radius 3 is 2.83 bits per heavy atom. The summed E-state index contributed by atoms with van der Waals surface area (Å²) in [6, 6.07) is 0. The first-order chi connectivity index (χ1) is 10.7. The number of halogens is 1.